The highest BCUT2D eigenvalue weighted by atomic mass is 32.2. The Labute approximate surface area is 168 Å². The van der Waals surface area contributed by atoms with E-state index < -0.39 is 10.7 Å². The summed E-state index contributed by atoms with van der Waals surface area (Å²) in [4.78, 5) is 28.0. The fourth-order valence-electron chi connectivity index (χ4n) is 2.67. The first-order chi connectivity index (χ1) is 14.0. The Kier molecular flexibility index (Phi) is 4.87. The van der Waals surface area contributed by atoms with Gasteiger partial charge in [0.2, 0.25) is 10.9 Å². The number of aryl methyl sites for hydroxylation is 1. The number of carbonyl (C=O) groups excluding carboxylic acids is 1. The van der Waals surface area contributed by atoms with E-state index in [9.17, 15) is 14.9 Å². The molecule has 0 spiro atoms. The zero-order chi connectivity index (χ0) is 20.4. The van der Waals surface area contributed by atoms with Crippen molar-refractivity contribution in [2.75, 3.05) is 0 Å². The minimum Gasteiger partial charge on any atom is -0.331 e. The number of rotatable bonds is 6. The molecule has 0 saturated carbocycles. The van der Waals surface area contributed by atoms with Crippen molar-refractivity contribution in [3.05, 3.63) is 82.4 Å². The summed E-state index contributed by atoms with van der Waals surface area (Å²) in [5.74, 6) is -0.195. The largest absolute Gasteiger partial charge is 0.331 e. The molecule has 11 heteroatoms. The van der Waals surface area contributed by atoms with Gasteiger partial charge in [-0.15, -0.1) is 5.10 Å². The maximum atomic E-state index is 12.6. The van der Waals surface area contributed by atoms with Crippen LogP contribution in [0.25, 0.3) is 5.69 Å². The quantitative estimate of drug-likeness (QED) is 0.272. The van der Waals surface area contributed by atoms with Crippen molar-refractivity contribution >= 4 is 23.2 Å². The first-order valence-corrected chi connectivity index (χ1v) is 9.18. The van der Waals surface area contributed by atoms with Gasteiger partial charge in [-0.25, -0.2) is 4.98 Å². The summed E-state index contributed by atoms with van der Waals surface area (Å²) in [5.41, 5.74) is 0.694. The molecule has 0 aliphatic rings. The number of aromatic nitrogens is 6. The molecule has 4 rings (SSSR count). The second kappa shape index (κ2) is 7.64. The molecule has 2 heterocycles. The molecule has 2 aromatic heterocycles. The van der Waals surface area contributed by atoms with Crippen molar-refractivity contribution in [2.45, 2.75) is 10.1 Å². The molecule has 0 aliphatic carbocycles. The Morgan fingerprint density at radius 3 is 2.66 bits per heavy atom. The zero-order valence-electron chi connectivity index (χ0n) is 15.0. The van der Waals surface area contributed by atoms with Gasteiger partial charge in [0.25, 0.3) is 5.69 Å². The molecule has 0 saturated heterocycles. The van der Waals surface area contributed by atoms with Crippen LogP contribution in [-0.4, -0.2) is 40.5 Å². The van der Waals surface area contributed by atoms with E-state index >= 15 is 0 Å². The lowest BCUT2D eigenvalue weighted by Gasteiger charge is -2.06. The highest BCUT2D eigenvalue weighted by molar-refractivity contribution is 7.99. The molecule has 0 radical (unpaired) electrons. The van der Waals surface area contributed by atoms with Crippen LogP contribution < -0.4 is 0 Å². The standard InChI is InChI=1S/C18H13N7O3S/c1-23-10-9-19-17(23)16(26)12-7-8-15(14(11-12)25(27)28)29-18-20-21-22-24(18)13-5-3-2-4-6-13/h2-11H,1H3. The number of hydrogen-bond donors (Lipinski definition) is 0. The summed E-state index contributed by atoms with van der Waals surface area (Å²) in [7, 11) is 1.68. The van der Waals surface area contributed by atoms with Gasteiger partial charge in [0.05, 0.1) is 15.5 Å². The Morgan fingerprint density at radius 1 is 1.17 bits per heavy atom. The SMILES string of the molecule is Cn1ccnc1C(=O)c1ccc(Sc2nnnn2-c2ccccc2)c([N+](=O)[O-])c1. The highest BCUT2D eigenvalue weighted by Gasteiger charge is 2.23. The van der Waals surface area contributed by atoms with Gasteiger partial charge in [-0.3, -0.25) is 14.9 Å². The number of imidazole rings is 1. The van der Waals surface area contributed by atoms with Gasteiger partial charge in [0, 0.05) is 31.1 Å². The molecule has 0 unspecified atom stereocenters. The maximum Gasteiger partial charge on any atom is 0.284 e. The van der Waals surface area contributed by atoms with E-state index in [0.717, 1.165) is 17.4 Å². The minimum absolute atomic E-state index is 0.179. The molecule has 29 heavy (non-hydrogen) atoms. The van der Waals surface area contributed by atoms with Gasteiger partial charge in [0.15, 0.2) is 5.82 Å². The summed E-state index contributed by atoms with van der Waals surface area (Å²) in [6.07, 6.45) is 3.13. The van der Waals surface area contributed by atoms with Crippen molar-refractivity contribution in [2.24, 2.45) is 7.05 Å². The second-order valence-corrected chi connectivity index (χ2v) is 6.95. The van der Waals surface area contributed by atoms with Gasteiger partial charge in [0.1, 0.15) is 0 Å². The summed E-state index contributed by atoms with van der Waals surface area (Å²) in [6, 6.07) is 13.5. The van der Waals surface area contributed by atoms with Crippen LogP contribution in [0.5, 0.6) is 0 Å². The average Bonchev–Trinajstić information content (AvgIpc) is 3.37. The molecule has 0 amide bonds. The predicted octanol–water partition coefficient (Wildman–Crippen LogP) is 2.69. The van der Waals surface area contributed by atoms with E-state index in [4.69, 9.17) is 0 Å². The number of hydrogen-bond acceptors (Lipinski definition) is 8. The molecule has 10 nitrogen and oxygen atoms in total. The molecule has 0 aliphatic heterocycles. The van der Waals surface area contributed by atoms with Crippen molar-refractivity contribution in [1.29, 1.82) is 0 Å². The van der Waals surface area contributed by atoms with Crippen LogP contribution in [-0.2, 0) is 7.05 Å². The number of ketones is 1. The number of carbonyl (C=O) groups is 1. The van der Waals surface area contributed by atoms with E-state index in [2.05, 4.69) is 20.5 Å². The average molecular weight is 407 g/mol. The molecule has 0 atom stereocenters. The van der Waals surface area contributed by atoms with Gasteiger partial charge >= 0.3 is 0 Å². The van der Waals surface area contributed by atoms with Crippen LogP contribution in [0.15, 0.2) is 71.0 Å². The normalized spacial score (nSPS) is 10.8. The van der Waals surface area contributed by atoms with Crippen molar-refractivity contribution in [1.82, 2.24) is 29.8 Å². The molecule has 0 bridgehead atoms. The first-order valence-electron chi connectivity index (χ1n) is 8.36. The van der Waals surface area contributed by atoms with Gasteiger partial charge in [-0.2, -0.15) is 4.68 Å². The fourth-order valence-corrected chi connectivity index (χ4v) is 3.55. The number of nitro benzene ring substituents is 1. The third-order valence-corrected chi connectivity index (χ3v) is 5.09. The van der Waals surface area contributed by atoms with Crippen molar-refractivity contribution in [3.63, 3.8) is 0 Å². The van der Waals surface area contributed by atoms with E-state index in [1.165, 1.54) is 29.1 Å². The number of tetrazole rings is 1. The van der Waals surface area contributed by atoms with Gasteiger partial charge in [-0.1, -0.05) is 18.2 Å². The molecule has 144 valence electrons. The highest BCUT2D eigenvalue weighted by Crippen LogP contribution is 2.35. The van der Waals surface area contributed by atoms with Crippen LogP contribution in [0, 0.1) is 10.1 Å². The van der Waals surface area contributed by atoms with Gasteiger partial charge in [-0.05, 0) is 46.5 Å². The van der Waals surface area contributed by atoms with Gasteiger partial charge < -0.3 is 4.57 Å². The summed E-state index contributed by atoms with van der Waals surface area (Å²) in [6.45, 7) is 0. The summed E-state index contributed by atoms with van der Waals surface area (Å²) < 4.78 is 3.05. The number of para-hydroxylation sites is 1. The zero-order valence-corrected chi connectivity index (χ0v) is 15.9. The molecule has 0 N–H and O–H groups in total. The van der Waals surface area contributed by atoms with Crippen LogP contribution in [0.3, 0.4) is 0 Å². The van der Waals surface area contributed by atoms with Crippen molar-refractivity contribution < 1.29 is 9.72 Å². The third kappa shape index (κ3) is 3.62. The Bertz CT molecular complexity index is 1200. The predicted molar refractivity (Wildman–Crippen MR) is 103 cm³/mol. The molecule has 0 fully saturated rings. The molecule has 2 aromatic carbocycles. The topological polar surface area (TPSA) is 122 Å². The van der Waals surface area contributed by atoms with E-state index in [0.29, 0.717) is 10.1 Å². The number of nitro groups is 1. The van der Waals surface area contributed by atoms with E-state index in [-0.39, 0.29) is 17.1 Å². The van der Waals surface area contributed by atoms with Crippen molar-refractivity contribution in [3.8, 4) is 5.69 Å². The smallest absolute Gasteiger partial charge is 0.284 e. The van der Waals surface area contributed by atoms with E-state index in [1.807, 2.05) is 30.3 Å². The minimum atomic E-state index is -0.534. The van der Waals surface area contributed by atoms with Crippen LogP contribution >= 0.6 is 11.8 Å². The number of nitrogens with zero attached hydrogens (tertiary/aromatic N) is 7. The first kappa shape index (κ1) is 18.5. The van der Waals surface area contributed by atoms with Crippen LogP contribution in [0.2, 0.25) is 0 Å². The molecular formula is C18H13N7O3S. The fraction of sp³-hybridized carbons (Fsp3) is 0.0556. The molecular weight excluding hydrogens is 394 g/mol. The summed E-state index contributed by atoms with van der Waals surface area (Å²) >= 11 is 1.04. The van der Waals surface area contributed by atoms with Crippen LogP contribution in [0.1, 0.15) is 16.2 Å². The number of benzene rings is 2. The Morgan fingerprint density at radius 2 is 1.97 bits per heavy atom. The lowest BCUT2D eigenvalue weighted by Crippen LogP contribution is -2.09. The third-order valence-electron chi connectivity index (χ3n) is 4.09. The monoisotopic (exact) mass is 407 g/mol. The Hall–Kier alpha value is -3.86. The lowest BCUT2D eigenvalue weighted by atomic mass is 10.1. The van der Waals surface area contributed by atoms with E-state index in [1.54, 1.807) is 17.8 Å². The molecule has 4 aromatic rings. The van der Waals surface area contributed by atoms with Crippen LogP contribution in [0.4, 0.5) is 5.69 Å². The second-order valence-electron chi connectivity index (χ2n) is 5.94. The lowest BCUT2D eigenvalue weighted by molar-refractivity contribution is -0.387. The summed E-state index contributed by atoms with van der Waals surface area (Å²) in [5, 5.41) is 23.6. The Balaban J connectivity index is 1.69. The maximum absolute atomic E-state index is 12.6.